The summed E-state index contributed by atoms with van der Waals surface area (Å²) in [5.74, 6) is -0.0365. The maximum atomic E-state index is 10.6. The molecule has 0 atom stereocenters. The molecule has 0 fully saturated rings. The Morgan fingerprint density at radius 2 is 1.87 bits per heavy atom. The molecule has 0 aliphatic carbocycles. The average molecular weight is 277 g/mol. The van der Waals surface area contributed by atoms with Gasteiger partial charge in [0.25, 0.3) is 5.69 Å². The number of hydrogen-bond donors (Lipinski definition) is 0. The Balaban J connectivity index is 3.45. The van der Waals surface area contributed by atoms with Crippen LogP contribution in [0.5, 0.6) is 5.75 Å². The minimum Gasteiger partial charge on any atom is -0.489 e. The van der Waals surface area contributed by atoms with Gasteiger partial charge in [-0.3, -0.25) is 20.2 Å². The fraction of sp³-hybridized carbons (Fsp3) is 0.143. The molecule has 0 aliphatic rings. The zero-order valence-electron chi connectivity index (χ0n) is 7.47. The molecule has 1 aromatic carbocycles. The van der Waals surface area contributed by atoms with Gasteiger partial charge in [0.15, 0.2) is 0 Å². The van der Waals surface area contributed by atoms with Crippen molar-refractivity contribution < 1.29 is 14.6 Å². The van der Waals surface area contributed by atoms with Crippen molar-refractivity contribution in [2.75, 3.05) is 7.11 Å². The molecule has 0 bridgehead atoms. The molecule has 7 nitrogen and oxygen atoms in total. The van der Waals surface area contributed by atoms with E-state index in [1.807, 2.05) is 0 Å². The zero-order chi connectivity index (χ0) is 11.6. The highest BCUT2D eigenvalue weighted by atomic mass is 79.9. The molecule has 0 saturated carbocycles. The van der Waals surface area contributed by atoms with Crippen LogP contribution in [0, 0.1) is 20.2 Å². The van der Waals surface area contributed by atoms with E-state index >= 15 is 0 Å². The van der Waals surface area contributed by atoms with Crippen LogP contribution in [0.1, 0.15) is 0 Å². The number of nitro groups is 2. The van der Waals surface area contributed by atoms with Crippen LogP contribution in [-0.2, 0) is 0 Å². The molecule has 0 N–H and O–H groups in total. The van der Waals surface area contributed by atoms with Gasteiger partial charge in [-0.05, 0) is 15.9 Å². The molecule has 0 spiro atoms. The van der Waals surface area contributed by atoms with Gasteiger partial charge in [-0.2, -0.15) is 0 Å². The van der Waals surface area contributed by atoms with E-state index in [1.165, 1.54) is 7.11 Å². The van der Waals surface area contributed by atoms with Crippen molar-refractivity contribution >= 4 is 27.3 Å². The molecule has 15 heavy (non-hydrogen) atoms. The van der Waals surface area contributed by atoms with Crippen LogP contribution in [0.15, 0.2) is 16.6 Å². The lowest BCUT2D eigenvalue weighted by Crippen LogP contribution is -1.97. The van der Waals surface area contributed by atoms with Gasteiger partial charge in [0, 0.05) is 6.07 Å². The number of ether oxygens (including phenoxy) is 1. The molecule has 80 valence electrons. The molecule has 0 unspecified atom stereocenters. The molecule has 0 saturated heterocycles. The van der Waals surface area contributed by atoms with Gasteiger partial charge in [-0.25, -0.2) is 0 Å². The molecule has 0 aliphatic heterocycles. The molecule has 1 rings (SSSR count). The second kappa shape index (κ2) is 4.22. The monoisotopic (exact) mass is 276 g/mol. The van der Waals surface area contributed by atoms with Gasteiger partial charge in [-0.1, -0.05) is 0 Å². The zero-order valence-corrected chi connectivity index (χ0v) is 9.05. The maximum Gasteiger partial charge on any atom is 0.318 e. The lowest BCUT2D eigenvalue weighted by molar-refractivity contribution is -0.394. The summed E-state index contributed by atoms with van der Waals surface area (Å²) >= 11 is 2.96. The number of methoxy groups -OCH3 is 1. The van der Waals surface area contributed by atoms with E-state index < -0.39 is 15.5 Å². The lowest BCUT2D eigenvalue weighted by Gasteiger charge is -2.03. The van der Waals surface area contributed by atoms with Gasteiger partial charge in [0.1, 0.15) is 0 Å². The Morgan fingerprint density at radius 1 is 1.27 bits per heavy atom. The van der Waals surface area contributed by atoms with Crippen molar-refractivity contribution in [2.24, 2.45) is 0 Å². The van der Waals surface area contributed by atoms with Crippen molar-refractivity contribution in [1.82, 2.24) is 0 Å². The maximum absolute atomic E-state index is 10.6. The highest BCUT2D eigenvalue weighted by Gasteiger charge is 2.23. The fourth-order valence-corrected chi connectivity index (χ4v) is 1.61. The molecule has 0 amide bonds. The largest absolute Gasteiger partial charge is 0.489 e. The fourth-order valence-electron chi connectivity index (χ4n) is 1.01. The first kappa shape index (κ1) is 11.4. The standard InChI is InChI=1S/C7H5BrN2O5/c1-15-7-5(8)2-4(9(11)12)3-6(7)10(13)14/h2-3H,1H3. The van der Waals surface area contributed by atoms with E-state index in [-0.39, 0.29) is 15.9 Å². The number of benzene rings is 1. The summed E-state index contributed by atoms with van der Waals surface area (Å²) in [6.45, 7) is 0. The Bertz CT molecular complexity index is 434. The van der Waals surface area contributed by atoms with Crippen LogP contribution in [0.2, 0.25) is 0 Å². The van der Waals surface area contributed by atoms with Crippen LogP contribution >= 0.6 is 15.9 Å². The highest BCUT2D eigenvalue weighted by Crippen LogP contribution is 2.38. The van der Waals surface area contributed by atoms with Crippen LogP contribution in [-0.4, -0.2) is 17.0 Å². The normalized spacial score (nSPS) is 9.73. The number of nitrogens with zero attached hydrogens (tertiary/aromatic N) is 2. The van der Waals surface area contributed by atoms with Crippen LogP contribution in [0.3, 0.4) is 0 Å². The summed E-state index contributed by atoms with van der Waals surface area (Å²) in [6.07, 6.45) is 0. The summed E-state index contributed by atoms with van der Waals surface area (Å²) < 4.78 is 4.93. The van der Waals surface area contributed by atoms with Crippen molar-refractivity contribution in [3.63, 3.8) is 0 Å². The molecule has 8 heteroatoms. The summed E-state index contributed by atoms with van der Waals surface area (Å²) in [5, 5.41) is 21.0. The molecule has 0 radical (unpaired) electrons. The number of nitro benzene ring substituents is 2. The minimum absolute atomic E-state index is 0.0365. The summed E-state index contributed by atoms with van der Waals surface area (Å²) in [4.78, 5) is 19.6. The number of halogens is 1. The topological polar surface area (TPSA) is 95.5 Å². The van der Waals surface area contributed by atoms with E-state index in [9.17, 15) is 20.2 Å². The van der Waals surface area contributed by atoms with Gasteiger partial charge < -0.3 is 4.74 Å². The molecular formula is C7H5BrN2O5. The van der Waals surface area contributed by atoms with Crippen molar-refractivity contribution in [3.8, 4) is 5.75 Å². The quantitative estimate of drug-likeness (QED) is 0.623. The Hall–Kier alpha value is -1.70. The molecule has 0 aromatic heterocycles. The molecule has 1 aromatic rings. The third-order valence-corrected chi connectivity index (χ3v) is 2.21. The van der Waals surface area contributed by atoms with Crippen LogP contribution in [0.4, 0.5) is 11.4 Å². The second-order valence-corrected chi connectivity index (χ2v) is 3.35. The summed E-state index contributed by atoms with van der Waals surface area (Å²) in [5.41, 5.74) is -0.812. The van der Waals surface area contributed by atoms with E-state index in [2.05, 4.69) is 15.9 Å². The third kappa shape index (κ3) is 2.21. The van der Waals surface area contributed by atoms with E-state index in [1.54, 1.807) is 0 Å². The molecule has 0 heterocycles. The van der Waals surface area contributed by atoms with E-state index in [0.29, 0.717) is 0 Å². The predicted octanol–water partition coefficient (Wildman–Crippen LogP) is 2.27. The first-order valence-electron chi connectivity index (χ1n) is 3.63. The molecular weight excluding hydrogens is 272 g/mol. The highest BCUT2D eigenvalue weighted by molar-refractivity contribution is 9.10. The van der Waals surface area contributed by atoms with Crippen molar-refractivity contribution in [2.45, 2.75) is 0 Å². The lowest BCUT2D eigenvalue weighted by atomic mass is 10.2. The Labute approximate surface area is 92.1 Å². The average Bonchev–Trinajstić information content (AvgIpc) is 2.16. The van der Waals surface area contributed by atoms with E-state index in [0.717, 1.165) is 12.1 Å². The van der Waals surface area contributed by atoms with Crippen LogP contribution < -0.4 is 4.74 Å². The Morgan fingerprint density at radius 3 is 2.27 bits per heavy atom. The van der Waals surface area contributed by atoms with Gasteiger partial charge >= 0.3 is 5.69 Å². The SMILES string of the molecule is COc1c(Br)cc([N+](=O)[O-])cc1[N+](=O)[O-]. The first-order chi connectivity index (χ1) is 6.97. The predicted molar refractivity (Wildman–Crippen MR) is 54.0 cm³/mol. The number of hydrogen-bond acceptors (Lipinski definition) is 5. The van der Waals surface area contributed by atoms with E-state index in [4.69, 9.17) is 4.74 Å². The van der Waals surface area contributed by atoms with Gasteiger partial charge in [-0.15, -0.1) is 0 Å². The Kier molecular flexibility index (Phi) is 3.20. The second-order valence-electron chi connectivity index (χ2n) is 2.49. The van der Waals surface area contributed by atoms with Crippen molar-refractivity contribution in [1.29, 1.82) is 0 Å². The smallest absolute Gasteiger partial charge is 0.318 e. The summed E-state index contributed by atoms with van der Waals surface area (Å²) in [7, 11) is 1.25. The summed E-state index contributed by atoms with van der Waals surface area (Å²) in [6, 6.07) is 2.00. The van der Waals surface area contributed by atoms with Crippen LogP contribution in [0.25, 0.3) is 0 Å². The minimum atomic E-state index is -0.739. The number of rotatable bonds is 3. The first-order valence-corrected chi connectivity index (χ1v) is 4.43. The van der Waals surface area contributed by atoms with Gasteiger partial charge in [0.2, 0.25) is 5.75 Å². The van der Waals surface area contributed by atoms with Crippen molar-refractivity contribution in [3.05, 3.63) is 36.8 Å². The van der Waals surface area contributed by atoms with Gasteiger partial charge in [0.05, 0.1) is 27.5 Å². The number of non-ortho nitro benzene ring substituents is 1. The third-order valence-electron chi connectivity index (χ3n) is 1.62.